The molecule has 1 atom stereocenters. The Hall–Kier alpha value is -2.35. The Morgan fingerprint density at radius 3 is 2.60 bits per heavy atom. The fourth-order valence-corrected chi connectivity index (χ4v) is 3.28. The molecule has 1 aliphatic rings. The van der Waals surface area contributed by atoms with E-state index in [0.717, 1.165) is 23.8 Å². The number of hydrogen-bond donors (Lipinski definition) is 3. The Bertz CT molecular complexity index is 815. The second-order valence-electron chi connectivity index (χ2n) is 6.01. The Morgan fingerprint density at radius 2 is 1.96 bits per heavy atom. The van der Waals surface area contributed by atoms with Gasteiger partial charge in [0.25, 0.3) is 5.91 Å². The molecule has 0 saturated heterocycles. The van der Waals surface area contributed by atoms with E-state index in [4.69, 9.17) is 0 Å². The van der Waals surface area contributed by atoms with Gasteiger partial charge in [0.2, 0.25) is 0 Å². The summed E-state index contributed by atoms with van der Waals surface area (Å²) in [4.78, 5) is 24.5. The summed E-state index contributed by atoms with van der Waals surface area (Å²) in [7, 11) is -3.17. The second kappa shape index (κ2) is 7.69. The molecular weight excluding hydrogens is 342 g/mol. The van der Waals surface area contributed by atoms with Crippen LogP contribution in [0.5, 0.6) is 0 Å². The van der Waals surface area contributed by atoms with Crippen LogP contribution >= 0.6 is 0 Å². The Kier molecular flexibility index (Phi) is 5.84. The van der Waals surface area contributed by atoms with Crippen LogP contribution in [0.15, 0.2) is 35.5 Å². The molecule has 0 saturated carbocycles. The van der Waals surface area contributed by atoms with Crippen molar-refractivity contribution in [2.24, 2.45) is 0 Å². The highest BCUT2D eigenvalue weighted by atomic mass is 32.2. The summed E-state index contributed by atoms with van der Waals surface area (Å²) in [5.74, 6) is -0.536. The van der Waals surface area contributed by atoms with E-state index in [9.17, 15) is 18.0 Å². The molecule has 1 heterocycles. The Labute approximate surface area is 147 Å². The van der Waals surface area contributed by atoms with Gasteiger partial charge in [-0.15, -0.1) is 0 Å². The third kappa shape index (κ3) is 4.82. The van der Waals surface area contributed by atoms with Crippen LogP contribution in [0.25, 0.3) is 0 Å². The molecule has 136 valence electrons. The first-order valence-corrected chi connectivity index (χ1v) is 10.1. The van der Waals surface area contributed by atoms with E-state index in [2.05, 4.69) is 16.0 Å². The molecule has 3 N–H and O–H groups in total. The Balaban J connectivity index is 2.32. The molecule has 7 nitrogen and oxygen atoms in total. The number of allylic oxidation sites excluding steroid dienone is 1. The van der Waals surface area contributed by atoms with E-state index >= 15 is 0 Å². The monoisotopic (exact) mass is 365 g/mol. The van der Waals surface area contributed by atoms with E-state index in [1.165, 1.54) is 0 Å². The van der Waals surface area contributed by atoms with E-state index in [-0.39, 0.29) is 18.3 Å². The fourth-order valence-electron chi connectivity index (χ4n) is 2.81. The van der Waals surface area contributed by atoms with Gasteiger partial charge in [0.15, 0.2) is 0 Å². The first-order chi connectivity index (χ1) is 11.7. The van der Waals surface area contributed by atoms with Crippen LogP contribution in [-0.4, -0.2) is 38.9 Å². The summed E-state index contributed by atoms with van der Waals surface area (Å²) >= 11 is 0. The van der Waals surface area contributed by atoms with Gasteiger partial charge in [-0.2, -0.15) is 0 Å². The molecule has 0 fully saturated rings. The van der Waals surface area contributed by atoms with Gasteiger partial charge in [0.05, 0.1) is 17.4 Å². The zero-order valence-corrected chi connectivity index (χ0v) is 15.4. The summed E-state index contributed by atoms with van der Waals surface area (Å²) in [5.41, 5.74) is 2.72. The first kappa shape index (κ1) is 19.0. The molecule has 0 bridgehead atoms. The average molecular weight is 365 g/mol. The van der Waals surface area contributed by atoms with Gasteiger partial charge in [-0.1, -0.05) is 31.2 Å². The highest BCUT2D eigenvalue weighted by Crippen LogP contribution is 2.29. The van der Waals surface area contributed by atoms with Crippen LogP contribution in [0, 0.1) is 0 Å². The van der Waals surface area contributed by atoms with E-state index in [1.807, 2.05) is 31.2 Å². The van der Waals surface area contributed by atoms with E-state index < -0.39 is 21.8 Å². The highest BCUT2D eigenvalue weighted by molar-refractivity contribution is 7.90. The van der Waals surface area contributed by atoms with Gasteiger partial charge in [-0.3, -0.25) is 4.79 Å². The van der Waals surface area contributed by atoms with Crippen molar-refractivity contribution in [3.63, 3.8) is 0 Å². The van der Waals surface area contributed by atoms with Gasteiger partial charge >= 0.3 is 6.03 Å². The number of amides is 3. The summed E-state index contributed by atoms with van der Waals surface area (Å²) in [6, 6.07) is 6.65. The predicted molar refractivity (Wildman–Crippen MR) is 95.6 cm³/mol. The zero-order valence-electron chi connectivity index (χ0n) is 14.5. The molecule has 0 spiro atoms. The van der Waals surface area contributed by atoms with E-state index in [0.29, 0.717) is 11.3 Å². The normalized spacial score (nSPS) is 17.7. The molecule has 0 aromatic heterocycles. The molecule has 8 heteroatoms. The van der Waals surface area contributed by atoms with Gasteiger partial charge < -0.3 is 16.0 Å². The van der Waals surface area contributed by atoms with Crippen LogP contribution in [-0.2, 0) is 21.1 Å². The van der Waals surface area contributed by atoms with Gasteiger partial charge in [0, 0.05) is 18.5 Å². The Morgan fingerprint density at radius 1 is 1.28 bits per heavy atom. The van der Waals surface area contributed by atoms with Crippen LogP contribution < -0.4 is 16.0 Å². The molecule has 1 aromatic rings. The molecule has 1 unspecified atom stereocenters. The quantitative estimate of drug-likeness (QED) is 0.700. The number of urea groups is 1. The standard InChI is InChI=1S/C17H23N3O4S/c1-4-12-7-5-6-8-13(12)15-14(11(2)19-17(22)20-15)16(21)18-9-10-25(3,23)24/h5-8,15H,4,9-10H2,1-3H3,(H,18,21)(H2,19,20,22). The average Bonchev–Trinajstić information content (AvgIpc) is 2.52. The number of carbonyl (C=O) groups is 2. The number of benzene rings is 1. The number of carbonyl (C=O) groups excluding carboxylic acids is 2. The molecule has 0 aliphatic carbocycles. The van der Waals surface area contributed by atoms with Gasteiger partial charge in [-0.05, 0) is 24.5 Å². The second-order valence-corrected chi connectivity index (χ2v) is 8.27. The van der Waals surface area contributed by atoms with Crippen molar-refractivity contribution in [1.82, 2.24) is 16.0 Å². The van der Waals surface area contributed by atoms with Crippen molar-refractivity contribution < 1.29 is 18.0 Å². The number of nitrogens with one attached hydrogen (secondary N) is 3. The molecule has 0 radical (unpaired) electrons. The van der Waals surface area contributed by atoms with Crippen LogP contribution in [0.1, 0.15) is 31.0 Å². The van der Waals surface area contributed by atoms with Crippen LogP contribution in [0.2, 0.25) is 0 Å². The number of rotatable bonds is 6. The maximum Gasteiger partial charge on any atom is 0.319 e. The highest BCUT2D eigenvalue weighted by Gasteiger charge is 2.32. The zero-order chi connectivity index (χ0) is 18.6. The number of aryl methyl sites for hydroxylation is 1. The largest absolute Gasteiger partial charge is 0.351 e. The topological polar surface area (TPSA) is 104 Å². The number of sulfone groups is 1. The van der Waals surface area contributed by atoms with Crippen molar-refractivity contribution in [2.75, 3.05) is 18.6 Å². The first-order valence-electron chi connectivity index (χ1n) is 8.05. The van der Waals surface area contributed by atoms with Gasteiger partial charge in [0.1, 0.15) is 9.84 Å². The smallest absolute Gasteiger partial charge is 0.319 e. The summed E-state index contributed by atoms with van der Waals surface area (Å²) in [5, 5.41) is 8.02. The third-order valence-electron chi connectivity index (χ3n) is 4.02. The van der Waals surface area contributed by atoms with Gasteiger partial charge in [-0.25, -0.2) is 13.2 Å². The lowest BCUT2D eigenvalue weighted by atomic mass is 9.90. The molecule has 2 rings (SSSR count). The fraction of sp³-hybridized carbons (Fsp3) is 0.412. The van der Waals surface area contributed by atoms with E-state index in [1.54, 1.807) is 6.92 Å². The molecular formula is C17H23N3O4S. The maximum absolute atomic E-state index is 12.6. The van der Waals surface area contributed by atoms with Crippen LogP contribution in [0.4, 0.5) is 4.79 Å². The van der Waals surface area contributed by atoms with Crippen molar-refractivity contribution in [3.05, 3.63) is 46.7 Å². The number of hydrogen-bond acceptors (Lipinski definition) is 4. The van der Waals surface area contributed by atoms with Crippen LogP contribution in [0.3, 0.4) is 0 Å². The minimum Gasteiger partial charge on any atom is -0.351 e. The van der Waals surface area contributed by atoms with Crippen molar-refractivity contribution >= 4 is 21.8 Å². The van der Waals surface area contributed by atoms with Crippen molar-refractivity contribution in [1.29, 1.82) is 0 Å². The lowest BCUT2D eigenvalue weighted by Gasteiger charge is -2.30. The molecule has 3 amide bonds. The maximum atomic E-state index is 12.6. The summed E-state index contributed by atoms with van der Waals surface area (Å²) in [6.45, 7) is 3.68. The SMILES string of the molecule is CCc1ccccc1C1NC(=O)NC(C)=C1C(=O)NCCS(C)(=O)=O. The van der Waals surface area contributed by atoms with Crippen molar-refractivity contribution in [2.45, 2.75) is 26.3 Å². The molecule has 1 aliphatic heterocycles. The van der Waals surface area contributed by atoms with Crippen molar-refractivity contribution in [3.8, 4) is 0 Å². The lowest BCUT2D eigenvalue weighted by molar-refractivity contribution is -0.117. The predicted octanol–water partition coefficient (Wildman–Crippen LogP) is 1.04. The summed E-state index contributed by atoms with van der Waals surface area (Å²) in [6.07, 6.45) is 1.88. The molecule has 25 heavy (non-hydrogen) atoms. The molecule has 1 aromatic carbocycles. The lowest BCUT2D eigenvalue weighted by Crippen LogP contribution is -2.47. The summed E-state index contributed by atoms with van der Waals surface area (Å²) < 4.78 is 22.5. The minimum atomic E-state index is -3.17. The third-order valence-corrected chi connectivity index (χ3v) is 4.96. The minimum absolute atomic E-state index is 0.0184.